The molecule has 1 aliphatic heterocycles. The monoisotopic (exact) mass is 420 g/mol. The number of likely N-dealkylation sites (tertiary alicyclic amines) is 1. The maximum atomic E-state index is 12.0. The molecule has 0 bridgehead atoms. The summed E-state index contributed by atoms with van der Waals surface area (Å²) in [4.78, 5) is 18.9. The molecule has 1 fully saturated rings. The number of amides is 1. The maximum Gasteiger partial charge on any atom is 0.258 e. The SMILES string of the molecule is O=C(COc1ccc(-c2nc(-c3ccccc3)no2)cc1)NCCCN1CCCCC1. The third-order valence-electron chi connectivity index (χ3n) is 5.35. The fraction of sp³-hybridized carbons (Fsp3) is 0.375. The minimum atomic E-state index is -0.105. The lowest BCUT2D eigenvalue weighted by molar-refractivity contribution is -0.123. The smallest absolute Gasteiger partial charge is 0.258 e. The van der Waals surface area contributed by atoms with Crippen LogP contribution in [0.4, 0.5) is 0 Å². The third-order valence-corrected chi connectivity index (χ3v) is 5.35. The molecule has 0 unspecified atom stereocenters. The molecule has 1 N–H and O–H groups in total. The zero-order chi connectivity index (χ0) is 21.3. The standard InChI is InChI=1S/C24H28N4O3/c29-22(25-14-7-17-28-15-5-2-6-16-28)18-30-21-12-10-20(11-13-21)24-26-23(27-31-24)19-8-3-1-4-9-19/h1,3-4,8-13H,2,5-7,14-18H2,(H,25,29). The highest BCUT2D eigenvalue weighted by Gasteiger charge is 2.11. The summed E-state index contributed by atoms with van der Waals surface area (Å²) in [7, 11) is 0. The van der Waals surface area contributed by atoms with Gasteiger partial charge in [-0.25, -0.2) is 0 Å². The molecule has 0 spiro atoms. The van der Waals surface area contributed by atoms with E-state index in [1.54, 1.807) is 12.1 Å². The fourth-order valence-electron chi connectivity index (χ4n) is 3.65. The molecule has 0 saturated carbocycles. The highest BCUT2D eigenvalue weighted by atomic mass is 16.5. The van der Waals surface area contributed by atoms with E-state index in [0.717, 1.165) is 24.1 Å². The Morgan fingerprint density at radius 1 is 1.00 bits per heavy atom. The number of nitrogens with zero attached hydrogens (tertiary/aromatic N) is 3. The predicted octanol–water partition coefficient (Wildman–Crippen LogP) is 3.77. The summed E-state index contributed by atoms with van der Waals surface area (Å²) in [5, 5.41) is 6.96. The lowest BCUT2D eigenvalue weighted by atomic mass is 10.1. The van der Waals surface area contributed by atoms with E-state index in [1.165, 1.54) is 32.4 Å². The van der Waals surface area contributed by atoms with Gasteiger partial charge in [-0.05, 0) is 63.2 Å². The van der Waals surface area contributed by atoms with Crippen LogP contribution in [0.15, 0.2) is 59.1 Å². The van der Waals surface area contributed by atoms with Gasteiger partial charge in [0.1, 0.15) is 5.75 Å². The molecule has 4 rings (SSSR count). The first-order chi connectivity index (χ1) is 15.3. The number of aromatic nitrogens is 2. The van der Waals surface area contributed by atoms with Gasteiger partial charge in [0, 0.05) is 17.7 Å². The van der Waals surface area contributed by atoms with Crippen molar-refractivity contribution in [1.29, 1.82) is 0 Å². The number of rotatable bonds is 9. The Morgan fingerprint density at radius 3 is 2.55 bits per heavy atom. The second-order valence-corrected chi connectivity index (χ2v) is 7.71. The van der Waals surface area contributed by atoms with Crippen molar-refractivity contribution < 1.29 is 14.1 Å². The molecule has 1 aliphatic rings. The normalized spacial score (nSPS) is 14.3. The van der Waals surface area contributed by atoms with Crippen LogP contribution in [0.5, 0.6) is 5.75 Å². The largest absolute Gasteiger partial charge is 0.484 e. The summed E-state index contributed by atoms with van der Waals surface area (Å²) >= 11 is 0. The molecule has 1 aromatic heterocycles. The summed E-state index contributed by atoms with van der Waals surface area (Å²) < 4.78 is 11.0. The number of ether oxygens (including phenoxy) is 1. The Bertz CT molecular complexity index is 950. The number of hydrogen-bond donors (Lipinski definition) is 1. The third kappa shape index (κ3) is 6.15. The number of piperidine rings is 1. The summed E-state index contributed by atoms with van der Waals surface area (Å²) in [6.45, 7) is 4.10. The second kappa shape index (κ2) is 10.7. The molecule has 7 heteroatoms. The van der Waals surface area contributed by atoms with Gasteiger partial charge in [-0.2, -0.15) is 4.98 Å². The van der Waals surface area contributed by atoms with Crippen LogP contribution >= 0.6 is 0 Å². The minimum absolute atomic E-state index is 0.00176. The number of carbonyl (C=O) groups is 1. The van der Waals surface area contributed by atoms with Gasteiger partial charge in [0.2, 0.25) is 5.82 Å². The van der Waals surface area contributed by atoms with Crippen LogP contribution in [0.25, 0.3) is 22.8 Å². The van der Waals surface area contributed by atoms with Gasteiger partial charge in [0.05, 0.1) is 0 Å². The van der Waals surface area contributed by atoms with Crippen molar-refractivity contribution in [1.82, 2.24) is 20.4 Å². The highest BCUT2D eigenvalue weighted by molar-refractivity contribution is 5.77. The number of nitrogens with one attached hydrogen (secondary N) is 1. The van der Waals surface area contributed by atoms with Crippen molar-refractivity contribution in [2.45, 2.75) is 25.7 Å². The van der Waals surface area contributed by atoms with Gasteiger partial charge in [-0.3, -0.25) is 4.79 Å². The van der Waals surface area contributed by atoms with Crippen molar-refractivity contribution in [2.24, 2.45) is 0 Å². The molecule has 31 heavy (non-hydrogen) atoms. The Kier molecular flexibility index (Phi) is 7.28. The van der Waals surface area contributed by atoms with E-state index in [-0.39, 0.29) is 12.5 Å². The van der Waals surface area contributed by atoms with E-state index in [1.807, 2.05) is 42.5 Å². The van der Waals surface area contributed by atoms with E-state index in [0.29, 0.717) is 24.0 Å². The predicted molar refractivity (Wildman–Crippen MR) is 119 cm³/mol. The molecule has 2 aromatic carbocycles. The Hall–Kier alpha value is -3.19. The molecule has 7 nitrogen and oxygen atoms in total. The maximum absolute atomic E-state index is 12.0. The summed E-state index contributed by atoms with van der Waals surface area (Å²) in [5.41, 5.74) is 1.70. The molecule has 0 radical (unpaired) electrons. The van der Waals surface area contributed by atoms with Gasteiger partial charge < -0.3 is 19.5 Å². The lowest BCUT2D eigenvalue weighted by Crippen LogP contribution is -2.34. The molecule has 1 saturated heterocycles. The van der Waals surface area contributed by atoms with Gasteiger partial charge in [-0.15, -0.1) is 0 Å². The molecule has 162 valence electrons. The van der Waals surface area contributed by atoms with Crippen LogP contribution < -0.4 is 10.1 Å². The van der Waals surface area contributed by atoms with Crippen molar-refractivity contribution in [3.63, 3.8) is 0 Å². The van der Waals surface area contributed by atoms with Crippen LogP contribution in [0.2, 0.25) is 0 Å². The fourth-order valence-corrected chi connectivity index (χ4v) is 3.65. The van der Waals surface area contributed by atoms with Crippen LogP contribution in [0, 0.1) is 0 Å². The average Bonchev–Trinajstić information content (AvgIpc) is 3.32. The zero-order valence-electron chi connectivity index (χ0n) is 17.6. The minimum Gasteiger partial charge on any atom is -0.484 e. The van der Waals surface area contributed by atoms with Gasteiger partial charge in [0.25, 0.3) is 11.8 Å². The average molecular weight is 421 g/mol. The number of hydrogen-bond acceptors (Lipinski definition) is 6. The molecule has 3 aromatic rings. The molecular weight excluding hydrogens is 392 g/mol. The topological polar surface area (TPSA) is 80.5 Å². The quantitative estimate of drug-likeness (QED) is 0.531. The summed E-state index contributed by atoms with van der Waals surface area (Å²) in [6, 6.07) is 17.0. The van der Waals surface area contributed by atoms with Crippen LogP contribution in [-0.4, -0.2) is 53.7 Å². The Morgan fingerprint density at radius 2 is 1.77 bits per heavy atom. The molecule has 0 aliphatic carbocycles. The van der Waals surface area contributed by atoms with Gasteiger partial charge in [0.15, 0.2) is 6.61 Å². The van der Waals surface area contributed by atoms with E-state index in [2.05, 4.69) is 20.4 Å². The summed E-state index contributed by atoms with van der Waals surface area (Å²) in [5.74, 6) is 1.51. The lowest BCUT2D eigenvalue weighted by Gasteiger charge is -2.26. The van der Waals surface area contributed by atoms with Crippen LogP contribution in [-0.2, 0) is 4.79 Å². The first-order valence-electron chi connectivity index (χ1n) is 10.9. The van der Waals surface area contributed by atoms with E-state index in [9.17, 15) is 4.79 Å². The van der Waals surface area contributed by atoms with E-state index in [4.69, 9.17) is 9.26 Å². The zero-order valence-corrected chi connectivity index (χ0v) is 17.6. The van der Waals surface area contributed by atoms with Gasteiger partial charge in [-0.1, -0.05) is 41.9 Å². The van der Waals surface area contributed by atoms with Crippen molar-refractivity contribution in [2.75, 3.05) is 32.8 Å². The number of carbonyl (C=O) groups excluding carboxylic acids is 1. The van der Waals surface area contributed by atoms with E-state index >= 15 is 0 Å². The molecule has 1 amide bonds. The van der Waals surface area contributed by atoms with Crippen LogP contribution in [0.3, 0.4) is 0 Å². The second-order valence-electron chi connectivity index (χ2n) is 7.71. The molecule has 0 atom stereocenters. The highest BCUT2D eigenvalue weighted by Crippen LogP contribution is 2.24. The van der Waals surface area contributed by atoms with E-state index < -0.39 is 0 Å². The van der Waals surface area contributed by atoms with Crippen molar-refractivity contribution in [3.05, 3.63) is 54.6 Å². The molecular formula is C24H28N4O3. The van der Waals surface area contributed by atoms with Crippen molar-refractivity contribution >= 4 is 5.91 Å². The van der Waals surface area contributed by atoms with Crippen molar-refractivity contribution in [3.8, 4) is 28.6 Å². The Labute approximate surface area is 182 Å². The first kappa shape index (κ1) is 21.1. The summed E-state index contributed by atoms with van der Waals surface area (Å²) in [6.07, 6.45) is 4.89. The number of benzene rings is 2. The first-order valence-corrected chi connectivity index (χ1v) is 10.9. The molecule has 2 heterocycles. The van der Waals surface area contributed by atoms with Crippen LogP contribution in [0.1, 0.15) is 25.7 Å². The Balaban J connectivity index is 1.20. The van der Waals surface area contributed by atoms with Gasteiger partial charge >= 0.3 is 0 Å².